The zero-order valence-corrected chi connectivity index (χ0v) is 15.3. The topological polar surface area (TPSA) is 91.5 Å². The van der Waals surface area contributed by atoms with Gasteiger partial charge >= 0.3 is 11.9 Å². The van der Waals surface area contributed by atoms with Crippen LogP contribution in [0.4, 0.5) is 0 Å². The van der Waals surface area contributed by atoms with Crippen LogP contribution in [0.5, 0.6) is 0 Å². The van der Waals surface area contributed by atoms with Crippen LogP contribution >= 0.6 is 0 Å². The Morgan fingerprint density at radius 2 is 1.72 bits per heavy atom. The highest BCUT2D eigenvalue weighted by Gasteiger charge is 2.47. The fraction of sp³-hybridized carbons (Fsp3) is 0.632. The normalized spacial score (nSPS) is 11.2. The van der Waals surface area contributed by atoms with E-state index in [1.54, 1.807) is 26.2 Å². The fourth-order valence-electron chi connectivity index (χ4n) is 2.87. The molecule has 0 aliphatic carbocycles. The smallest absolute Gasteiger partial charge is 0.323 e. The highest BCUT2D eigenvalue weighted by atomic mass is 16.6. The van der Waals surface area contributed by atoms with E-state index in [1.165, 1.54) is 0 Å². The molecule has 0 amide bonds. The van der Waals surface area contributed by atoms with Crippen LogP contribution in [0.2, 0.25) is 0 Å². The molecule has 0 atom stereocenters. The van der Waals surface area contributed by atoms with E-state index in [1.807, 2.05) is 12.1 Å². The zero-order valence-electron chi connectivity index (χ0n) is 15.3. The minimum Gasteiger partial charge on any atom is -0.465 e. The van der Waals surface area contributed by atoms with E-state index in [4.69, 9.17) is 15.2 Å². The number of carbonyl (C=O) groups is 2. The summed E-state index contributed by atoms with van der Waals surface area (Å²) in [7, 11) is 0. The number of aryl methyl sites for hydroxylation is 1. The van der Waals surface area contributed by atoms with Gasteiger partial charge in [-0.3, -0.25) is 14.6 Å². The Labute approximate surface area is 150 Å². The number of carbonyl (C=O) groups excluding carboxylic acids is 2. The molecule has 6 heteroatoms. The van der Waals surface area contributed by atoms with E-state index in [2.05, 4.69) is 4.98 Å². The molecule has 0 bridgehead atoms. The Hall–Kier alpha value is -1.95. The first-order chi connectivity index (χ1) is 12.1. The molecule has 0 radical (unpaired) electrons. The third-order valence-electron chi connectivity index (χ3n) is 4.18. The maximum absolute atomic E-state index is 12.7. The van der Waals surface area contributed by atoms with Gasteiger partial charge in [0.05, 0.1) is 13.2 Å². The average molecular weight is 350 g/mol. The Bertz CT molecular complexity index is 501. The molecule has 140 valence electrons. The summed E-state index contributed by atoms with van der Waals surface area (Å²) in [6.07, 6.45) is 7.16. The quantitative estimate of drug-likeness (QED) is 0.354. The van der Waals surface area contributed by atoms with E-state index >= 15 is 0 Å². The Balaban J connectivity index is 2.90. The minimum atomic E-state index is -1.25. The monoisotopic (exact) mass is 350 g/mol. The molecule has 2 N–H and O–H groups in total. The first-order valence-electron chi connectivity index (χ1n) is 9.04. The zero-order chi connectivity index (χ0) is 18.5. The van der Waals surface area contributed by atoms with Crippen molar-refractivity contribution >= 4 is 11.9 Å². The molecule has 1 aromatic rings. The van der Waals surface area contributed by atoms with Crippen LogP contribution in [0, 0.1) is 5.41 Å². The number of nitrogens with zero attached hydrogens (tertiary/aromatic N) is 1. The third-order valence-corrected chi connectivity index (χ3v) is 4.18. The van der Waals surface area contributed by atoms with E-state index in [0.29, 0.717) is 32.2 Å². The Morgan fingerprint density at radius 3 is 2.24 bits per heavy atom. The van der Waals surface area contributed by atoms with Gasteiger partial charge in [-0.2, -0.15) is 0 Å². The van der Waals surface area contributed by atoms with Gasteiger partial charge in [0.1, 0.15) is 0 Å². The number of nitrogens with two attached hydrogens (primary N) is 1. The van der Waals surface area contributed by atoms with E-state index in [0.717, 1.165) is 18.4 Å². The van der Waals surface area contributed by atoms with Crippen molar-refractivity contribution in [3.63, 3.8) is 0 Å². The molecule has 0 aliphatic heterocycles. The summed E-state index contributed by atoms with van der Waals surface area (Å²) < 4.78 is 10.4. The number of hydrogen-bond acceptors (Lipinski definition) is 6. The summed E-state index contributed by atoms with van der Waals surface area (Å²) in [4.78, 5) is 29.4. The summed E-state index contributed by atoms with van der Waals surface area (Å²) in [6.45, 7) is 4.48. The molecule has 0 saturated heterocycles. The molecule has 0 spiro atoms. The number of unbranched alkanes of at least 4 members (excludes halogenated alkanes) is 1. The lowest BCUT2D eigenvalue weighted by Crippen LogP contribution is -2.42. The lowest BCUT2D eigenvalue weighted by atomic mass is 9.77. The number of aromatic nitrogens is 1. The van der Waals surface area contributed by atoms with Crippen molar-refractivity contribution in [2.24, 2.45) is 11.1 Å². The van der Waals surface area contributed by atoms with Crippen molar-refractivity contribution in [1.29, 1.82) is 0 Å². The van der Waals surface area contributed by atoms with E-state index < -0.39 is 17.4 Å². The van der Waals surface area contributed by atoms with E-state index in [9.17, 15) is 9.59 Å². The minimum absolute atomic E-state index is 0.236. The summed E-state index contributed by atoms with van der Waals surface area (Å²) in [5, 5.41) is 0. The lowest BCUT2D eigenvalue weighted by Gasteiger charge is -2.29. The molecular weight excluding hydrogens is 320 g/mol. The van der Waals surface area contributed by atoms with Crippen molar-refractivity contribution in [3.8, 4) is 0 Å². The van der Waals surface area contributed by atoms with Gasteiger partial charge < -0.3 is 15.2 Å². The number of esters is 2. The summed E-state index contributed by atoms with van der Waals surface area (Å²) >= 11 is 0. The van der Waals surface area contributed by atoms with Gasteiger partial charge in [0.2, 0.25) is 0 Å². The van der Waals surface area contributed by atoms with Crippen LogP contribution in [-0.2, 0) is 25.5 Å². The maximum Gasteiger partial charge on any atom is 0.323 e. The lowest BCUT2D eigenvalue weighted by molar-refractivity contribution is -0.173. The first-order valence-corrected chi connectivity index (χ1v) is 9.04. The summed E-state index contributed by atoms with van der Waals surface area (Å²) in [5.41, 5.74) is 5.39. The van der Waals surface area contributed by atoms with Crippen LogP contribution in [0.25, 0.3) is 0 Å². The van der Waals surface area contributed by atoms with Crippen molar-refractivity contribution in [3.05, 3.63) is 30.1 Å². The predicted octanol–water partition coefficient (Wildman–Crippen LogP) is 2.65. The van der Waals surface area contributed by atoms with Crippen LogP contribution in [0.15, 0.2) is 24.5 Å². The SMILES string of the molecule is CCOC(=O)C(CCCCN)(CCCc1cccnc1)C(=O)OCC. The van der Waals surface area contributed by atoms with Crippen LogP contribution in [0.3, 0.4) is 0 Å². The van der Waals surface area contributed by atoms with Gasteiger partial charge in [-0.15, -0.1) is 0 Å². The first kappa shape index (κ1) is 21.1. The van der Waals surface area contributed by atoms with Crippen molar-refractivity contribution < 1.29 is 19.1 Å². The average Bonchev–Trinajstić information content (AvgIpc) is 2.61. The van der Waals surface area contributed by atoms with Gasteiger partial charge in [-0.1, -0.05) is 12.5 Å². The fourth-order valence-corrected chi connectivity index (χ4v) is 2.87. The van der Waals surface area contributed by atoms with Gasteiger partial charge in [0, 0.05) is 12.4 Å². The molecule has 0 fully saturated rings. The van der Waals surface area contributed by atoms with Gasteiger partial charge in [0.25, 0.3) is 0 Å². The Kier molecular flexibility index (Phi) is 9.77. The Morgan fingerprint density at radius 1 is 1.08 bits per heavy atom. The third kappa shape index (κ3) is 6.46. The predicted molar refractivity (Wildman–Crippen MR) is 95.8 cm³/mol. The number of hydrogen-bond donors (Lipinski definition) is 1. The second-order valence-electron chi connectivity index (χ2n) is 5.98. The molecular formula is C19H30N2O4. The standard InChI is InChI=1S/C19H30N2O4/c1-3-24-17(22)19(11-5-6-13-20,18(23)25-4-2)12-7-9-16-10-8-14-21-15-16/h8,10,14-15H,3-7,9,11-13,20H2,1-2H3. The van der Waals surface area contributed by atoms with E-state index in [-0.39, 0.29) is 13.2 Å². The largest absolute Gasteiger partial charge is 0.465 e. The molecule has 1 aromatic heterocycles. The van der Waals surface area contributed by atoms with Crippen LogP contribution in [0.1, 0.15) is 51.5 Å². The number of pyridine rings is 1. The molecule has 0 unspecified atom stereocenters. The van der Waals surface area contributed by atoms with Crippen molar-refractivity contribution in [2.45, 2.75) is 52.4 Å². The second kappa shape index (κ2) is 11.6. The van der Waals surface area contributed by atoms with Gasteiger partial charge in [-0.05, 0) is 64.1 Å². The summed E-state index contributed by atoms with van der Waals surface area (Å²) in [6, 6.07) is 3.86. The van der Waals surface area contributed by atoms with Crippen molar-refractivity contribution in [2.75, 3.05) is 19.8 Å². The highest BCUT2D eigenvalue weighted by Crippen LogP contribution is 2.34. The van der Waals surface area contributed by atoms with Crippen molar-refractivity contribution in [1.82, 2.24) is 4.98 Å². The maximum atomic E-state index is 12.7. The molecule has 1 heterocycles. The molecule has 0 aromatic carbocycles. The summed E-state index contributed by atoms with van der Waals surface area (Å²) in [5.74, 6) is -0.978. The second-order valence-corrected chi connectivity index (χ2v) is 5.98. The molecule has 0 saturated carbocycles. The molecule has 0 aliphatic rings. The van der Waals surface area contributed by atoms with Crippen LogP contribution in [-0.4, -0.2) is 36.7 Å². The molecule has 1 rings (SSSR count). The molecule has 25 heavy (non-hydrogen) atoms. The van der Waals surface area contributed by atoms with Gasteiger partial charge in [0.15, 0.2) is 5.41 Å². The van der Waals surface area contributed by atoms with Gasteiger partial charge in [-0.25, -0.2) is 0 Å². The number of ether oxygens (including phenoxy) is 2. The number of rotatable bonds is 12. The van der Waals surface area contributed by atoms with Crippen LogP contribution < -0.4 is 5.73 Å². The molecule has 6 nitrogen and oxygen atoms in total. The highest BCUT2D eigenvalue weighted by molar-refractivity contribution is 6.00.